The Morgan fingerprint density at radius 3 is 3.00 bits per heavy atom. The van der Waals surface area contributed by atoms with E-state index in [-0.39, 0.29) is 17.4 Å². The van der Waals surface area contributed by atoms with Crippen molar-refractivity contribution in [3.63, 3.8) is 0 Å². The second-order valence-corrected chi connectivity index (χ2v) is 9.22. The minimum atomic E-state index is -2.87. The first-order chi connectivity index (χ1) is 11.5. The first-order valence-electron chi connectivity index (χ1n) is 7.85. The van der Waals surface area contributed by atoms with Gasteiger partial charge >= 0.3 is 0 Å². The van der Waals surface area contributed by atoms with Crippen molar-refractivity contribution in [1.82, 2.24) is 10.2 Å². The van der Waals surface area contributed by atoms with Crippen molar-refractivity contribution in [2.45, 2.75) is 25.0 Å². The van der Waals surface area contributed by atoms with Crippen LogP contribution in [-0.4, -0.2) is 42.5 Å². The van der Waals surface area contributed by atoms with E-state index >= 15 is 0 Å². The maximum Gasteiger partial charge on any atom is 0.276 e. The third-order valence-electron chi connectivity index (χ3n) is 3.81. The molecule has 1 fully saturated rings. The van der Waals surface area contributed by atoms with Crippen LogP contribution in [0.25, 0.3) is 0 Å². The third kappa shape index (κ3) is 4.98. The van der Waals surface area contributed by atoms with Crippen LogP contribution in [0, 0.1) is 12.8 Å². The number of thioether (sulfide) groups is 1. The number of ether oxygens (including phenoxy) is 1. The zero-order valence-electron chi connectivity index (χ0n) is 13.5. The van der Waals surface area contributed by atoms with E-state index in [1.54, 1.807) is 0 Å². The highest BCUT2D eigenvalue weighted by atomic mass is 32.2. The van der Waals surface area contributed by atoms with E-state index in [0.717, 1.165) is 11.3 Å². The van der Waals surface area contributed by atoms with Gasteiger partial charge in [0.2, 0.25) is 5.89 Å². The summed E-state index contributed by atoms with van der Waals surface area (Å²) in [6.45, 7) is 2.57. The number of aryl methyl sites for hydroxylation is 1. The summed E-state index contributed by atoms with van der Waals surface area (Å²) in [4.78, 5) is 0. The largest absolute Gasteiger partial charge is 0.493 e. The summed E-state index contributed by atoms with van der Waals surface area (Å²) in [5.74, 6) is 2.65. The lowest BCUT2D eigenvalue weighted by molar-refractivity contribution is 0.342. The maximum absolute atomic E-state index is 11.5. The quantitative estimate of drug-likeness (QED) is 0.548. The number of rotatable bonds is 7. The van der Waals surface area contributed by atoms with Gasteiger partial charge in [-0.3, -0.25) is 0 Å². The summed E-state index contributed by atoms with van der Waals surface area (Å²) < 4.78 is 34.2. The van der Waals surface area contributed by atoms with E-state index in [1.165, 1.54) is 11.8 Å². The minimum absolute atomic E-state index is 0.0953. The molecule has 3 rings (SSSR count). The van der Waals surface area contributed by atoms with Crippen LogP contribution >= 0.6 is 11.8 Å². The molecule has 0 aliphatic carbocycles. The first kappa shape index (κ1) is 17.3. The van der Waals surface area contributed by atoms with E-state index in [9.17, 15) is 8.42 Å². The van der Waals surface area contributed by atoms with Crippen LogP contribution in [0.1, 0.15) is 17.9 Å². The Kier molecular flexibility index (Phi) is 5.45. The molecule has 1 unspecified atom stereocenters. The van der Waals surface area contributed by atoms with Crippen molar-refractivity contribution in [2.24, 2.45) is 5.92 Å². The van der Waals surface area contributed by atoms with Crippen molar-refractivity contribution in [3.05, 3.63) is 35.7 Å². The normalized spacial score (nSPS) is 19.5. The lowest BCUT2D eigenvalue weighted by Crippen LogP contribution is -2.07. The molecule has 0 spiro atoms. The van der Waals surface area contributed by atoms with Crippen LogP contribution in [-0.2, 0) is 16.3 Å². The molecule has 130 valence electrons. The second kappa shape index (κ2) is 7.57. The molecule has 1 aromatic heterocycles. The Morgan fingerprint density at radius 2 is 2.25 bits per heavy atom. The Bertz CT molecular complexity index is 789. The van der Waals surface area contributed by atoms with E-state index in [4.69, 9.17) is 9.15 Å². The van der Waals surface area contributed by atoms with Gasteiger partial charge in [0.05, 0.1) is 18.1 Å². The van der Waals surface area contributed by atoms with Crippen LogP contribution in [0.2, 0.25) is 0 Å². The Balaban J connectivity index is 1.41. The van der Waals surface area contributed by atoms with Gasteiger partial charge in [0, 0.05) is 12.2 Å². The minimum Gasteiger partial charge on any atom is -0.493 e. The van der Waals surface area contributed by atoms with Crippen molar-refractivity contribution in [2.75, 3.05) is 23.9 Å². The standard InChI is InChI=1S/C16H20N2O4S2/c1-12-3-2-4-14(9-12)21-6-7-23-16-18-17-15(22-16)10-13-5-8-24(19,20)11-13/h2-4,9,13H,5-8,10-11H2,1H3. The van der Waals surface area contributed by atoms with Gasteiger partial charge in [-0.15, -0.1) is 10.2 Å². The lowest BCUT2D eigenvalue weighted by Gasteiger charge is -2.05. The van der Waals surface area contributed by atoms with Gasteiger partial charge in [-0.05, 0) is 37.0 Å². The maximum atomic E-state index is 11.5. The smallest absolute Gasteiger partial charge is 0.276 e. The van der Waals surface area contributed by atoms with Gasteiger partial charge in [-0.1, -0.05) is 23.9 Å². The van der Waals surface area contributed by atoms with Gasteiger partial charge in [-0.2, -0.15) is 0 Å². The average Bonchev–Trinajstić information content (AvgIpc) is 3.10. The molecule has 1 aromatic carbocycles. The summed E-state index contributed by atoms with van der Waals surface area (Å²) >= 11 is 1.44. The van der Waals surface area contributed by atoms with Crippen molar-refractivity contribution in [3.8, 4) is 5.75 Å². The van der Waals surface area contributed by atoms with Crippen LogP contribution in [0.4, 0.5) is 0 Å². The fourth-order valence-electron chi connectivity index (χ4n) is 2.65. The summed E-state index contributed by atoms with van der Waals surface area (Å²) in [6, 6.07) is 7.91. The molecule has 1 aliphatic rings. The molecular formula is C16H20N2O4S2. The Hall–Kier alpha value is -1.54. The third-order valence-corrected chi connectivity index (χ3v) is 6.43. The molecule has 0 radical (unpaired) electrons. The fraction of sp³-hybridized carbons (Fsp3) is 0.500. The number of nitrogens with zero attached hydrogens (tertiary/aromatic N) is 2. The van der Waals surface area contributed by atoms with E-state index in [2.05, 4.69) is 10.2 Å². The Labute approximate surface area is 145 Å². The molecule has 0 amide bonds. The van der Waals surface area contributed by atoms with Gasteiger partial charge in [0.15, 0.2) is 9.84 Å². The molecule has 6 nitrogen and oxygen atoms in total. The number of aromatic nitrogens is 2. The lowest BCUT2D eigenvalue weighted by atomic mass is 10.1. The predicted molar refractivity (Wildman–Crippen MR) is 92.2 cm³/mol. The molecule has 2 aromatic rings. The molecule has 1 aliphatic heterocycles. The van der Waals surface area contributed by atoms with Gasteiger partial charge in [-0.25, -0.2) is 8.42 Å². The highest BCUT2D eigenvalue weighted by Gasteiger charge is 2.29. The van der Waals surface area contributed by atoms with Gasteiger partial charge in [0.25, 0.3) is 5.22 Å². The monoisotopic (exact) mass is 368 g/mol. The summed E-state index contributed by atoms with van der Waals surface area (Å²) in [7, 11) is -2.87. The fourth-order valence-corrected chi connectivity index (χ4v) is 5.11. The van der Waals surface area contributed by atoms with Crippen LogP contribution in [0.5, 0.6) is 5.75 Å². The van der Waals surface area contributed by atoms with Crippen molar-refractivity contribution < 1.29 is 17.6 Å². The molecule has 1 atom stereocenters. The highest BCUT2D eigenvalue weighted by molar-refractivity contribution is 7.99. The first-order valence-corrected chi connectivity index (χ1v) is 10.7. The molecule has 2 heterocycles. The molecule has 0 saturated carbocycles. The van der Waals surface area contributed by atoms with E-state index in [1.807, 2.05) is 31.2 Å². The molecule has 1 saturated heterocycles. The molecular weight excluding hydrogens is 348 g/mol. The summed E-state index contributed by atoms with van der Waals surface area (Å²) in [5, 5.41) is 8.50. The van der Waals surface area contributed by atoms with E-state index in [0.29, 0.717) is 36.3 Å². The van der Waals surface area contributed by atoms with Crippen LogP contribution in [0.15, 0.2) is 33.9 Å². The number of benzene rings is 1. The number of hydrogen-bond acceptors (Lipinski definition) is 7. The zero-order valence-corrected chi connectivity index (χ0v) is 15.1. The summed E-state index contributed by atoms with van der Waals surface area (Å²) in [5.41, 5.74) is 1.16. The highest BCUT2D eigenvalue weighted by Crippen LogP contribution is 2.24. The topological polar surface area (TPSA) is 82.3 Å². The van der Waals surface area contributed by atoms with Gasteiger partial charge in [0.1, 0.15) is 5.75 Å². The van der Waals surface area contributed by atoms with Crippen molar-refractivity contribution >= 4 is 21.6 Å². The average molecular weight is 368 g/mol. The zero-order chi connectivity index (χ0) is 17.0. The summed E-state index contributed by atoms with van der Waals surface area (Å²) in [6.07, 6.45) is 1.21. The number of sulfone groups is 1. The number of hydrogen-bond donors (Lipinski definition) is 0. The molecule has 0 N–H and O–H groups in total. The predicted octanol–water partition coefficient (Wildman–Crippen LogP) is 2.53. The van der Waals surface area contributed by atoms with Gasteiger partial charge < -0.3 is 9.15 Å². The SMILES string of the molecule is Cc1cccc(OCCSc2nnc(CC3CCS(=O)(=O)C3)o2)c1. The second-order valence-electron chi connectivity index (χ2n) is 5.95. The Morgan fingerprint density at radius 1 is 1.38 bits per heavy atom. The van der Waals surface area contributed by atoms with Crippen LogP contribution < -0.4 is 4.74 Å². The molecule has 24 heavy (non-hydrogen) atoms. The van der Waals surface area contributed by atoms with Crippen LogP contribution in [0.3, 0.4) is 0 Å². The van der Waals surface area contributed by atoms with Crippen molar-refractivity contribution in [1.29, 1.82) is 0 Å². The molecule has 0 bridgehead atoms. The van der Waals surface area contributed by atoms with E-state index < -0.39 is 9.84 Å². The molecule has 8 heteroatoms.